The zero-order valence-corrected chi connectivity index (χ0v) is 13.3. The summed E-state index contributed by atoms with van der Waals surface area (Å²) in [7, 11) is 1.57. The summed E-state index contributed by atoms with van der Waals surface area (Å²) in [4.78, 5) is 34.6. The van der Waals surface area contributed by atoms with Gasteiger partial charge in [0, 0.05) is 32.0 Å². The van der Waals surface area contributed by atoms with Gasteiger partial charge in [0.05, 0.1) is 24.1 Å². The zero-order valence-electron chi connectivity index (χ0n) is 13.3. The predicted octanol–water partition coefficient (Wildman–Crippen LogP) is 0.851. The van der Waals surface area contributed by atoms with E-state index in [1.165, 1.54) is 0 Å². The van der Waals surface area contributed by atoms with Crippen molar-refractivity contribution >= 4 is 11.8 Å². The Kier molecular flexibility index (Phi) is 4.30. The average molecular weight is 318 g/mol. The van der Waals surface area contributed by atoms with Gasteiger partial charge in [-0.15, -0.1) is 0 Å². The molecule has 0 spiro atoms. The topological polar surface area (TPSA) is 98.4 Å². The van der Waals surface area contributed by atoms with E-state index >= 15 is 0 Å². The lowest BCUT2D eigenvalue weighted by Gasteiger charge is -2.37. The molecule has 0 aromatic carbocycles. The second kappa shape index (κ2) is 6.23. The maximum atomic E-state index is 12.9. The van der Waals surface area contributed by atoms with Crippen LogP contribution in [0.15, 0.2) is 12.4 Å². The van der Waals surface area contributed by atoms with E-state index in [4.69, 9.17) is 10.5 Å². The van der Waals surface area contributed by atoms with Crippen molar-refractivity contribution in [2.45, 2.75) is 43.6 Å². The molecule has 1 aromatic rings. The number of nitrogens with two attached hydrogens (primary N) is 1. The number of carbonyl (C=O) groups excluding carboxylic acids is 2. The number of rotatable bonds is 6. The average Bonchev–Trinajstić information content (AvgIpc) is 3.29. The maximum Gasteiger partial charge on any atom is 0.257 e. The van der Waals surface area contributed by atoms with E-state index in [1.807, 2.05) is 0 Å². The molecule has 1 aromatic heterocycles. The molecule has 3 rings (SSSR count). The third-order valence-electron chi connectivity index (χ3n) is 4.62. The first-order chi connectivity index (χ1) is 11.1. The van der Waals surface area contributed by atoms with E-state index in [0.717, 1.165) is 25.1 Å². The molecular weight excluding hydrogens is 296 g/mol. The van der Waals surface area contributed by atoms with Crippen molar-refractivity contribution in [3.05, 3.63) is 23.8 Å². The smallest absolute Gasteiger partial charge is 0.257 e. The normalized spacial score (nSPS) is 24.0. The van der Waals surface area contributed by atoms with Gasteiger partial charge in [0.15, 0.2) is 0 Å². The molecule has 7 nitrogen and oxygen atoms in total. The molecule has 0 bridgehead atoms. The number of primary amides is 1. The van der Waals surface area contributed by atoms with Crippen molar-refractivity contribution in [1.29, 1.82) is 0 Å². The molecular formula is C16H22N4O3. The molecule has 124 valence electrons. The highest BCUT2D eigenvalue weighted by atomic mass is 16.5. The van der Waals surface area contributed by atoms with Gasteiger partial charge in [0.2, 0.25) is 5.91 Å². The highest BCUT2D eigenvalue weighted by Gasteiger charge is 2.45. The largest absolute Gasteiger partial charge is 0.382 e. The number of nitrogens with zero attached hydrogens (tertiary/aromatic N) is 3. The highest BCUT2D eigenvalue weighted by Crippen LogP contribution is 2.38. The number of hydrogen-bond donors (Lipinski definition) is 1. The first-order valence-electron chi connectivity index (χ1n) is 7.97. The monoisotopic (exact) mass is 318 g/mol. The number of methoxy groups -OCH3 is 1. The summed E-state index contributed by atoms with van der Waals surface area (Å²) < 4.78 is 5.27. The Hall–Kier alpha value is -2.02. The van der Waals surface area contributed by atoms with Gasteiger partial charge in [-0.25, -0.2) is 9.97 Å². The van der Waals surface area contributed by atoms with Crippen LogP contribution >= 0.6 is 0 Å². The number of hydrogen-bond acceptors (Lipinski definition) is 5. The Balaban J connectivity index is 1.81. The number of ether oxygens (including phenoxy) is 1. The Bertz CT molecular complexity index is 600. The molecule has 2 heterocycles. The molecule has 1 saturated carbocycles. The molecule has 1 atom stereocenters. The van der Waals surface area contributed by atoms with Crippen LogP contribution in [-0.4, -0.2) is 52.5 Å². The first-order valence-corrected chi connectivity index (χ1v) is 7.97. The summed E-state index contributed by atoms with van der Waals surface area (Å²) in [6.07, 6.45) is 7.05. The minimum Gasteiger partial charge on any atom is -0.382 e. The molecule has 7 heteroatoms. The second-order valence-electron chi connectivity index (χ2n) is 6.46. The fraction of sp³-hybridized carbons (Fsp3) is 0.625. The first kappa shape index (κ1) is 15.9. The molecule has 2 aliphatic rings. The number of aromatic nitrogens is 2. The highest BCUT2D eigenvalue weighted by molar-refractivity contribution is 5.94. The molecule has 0 unspecified atom stereocenters. The van der Waals surface area contributed by atoms with Gasteiger partial charge in [0.1, 0.15) is 5.82 Å². The Morgan fingerprint density at radius 3 is 2.65 bits per heavy atom. The molecule has 2 amide bonds. The van der Waals surface area contributed by atoms with Gasteiger partial charge < -0.3 is 15.4 Å². The number of amides is 2. The van der Waals surface area contributed by atoms with Crippen molar-refractivity contribution in [3.63, 3.8) is 0 Å². The molecule has 23 heavy (non-hydrogen) atoms. The van der Waals surface area contributed by atoms with Crippen molar-refractivity contribution < 1.29 is 14.3 Å². The van der Waals surface area contributed by atoms with Gasteiger partial charge >= 0.3 is 0 Å². The summed E-state index contributed by atoms with van der Waals surface area (Å²) in [6.45, 7) is 0.878. The summed E-state index contributed by atoms with van der Waals surface area (Å²) in [5.41, 5.74) is 5.18. The summed E-state index contributed by atoms with van der Waals surface area (Å²) in [6, 6.07) is 0. The number of likely N-dealkylation sites (tertiary alicyclic amines) is 1. The van der Waals surface area contributed by atoms with Gasteiger partial charge in [0.25, 0.3) is 5.91 Å². The fourth-order valence-electron chi connectivity index (χ4n) is 3.39. The van der Waals surface area contributed by atoms with Crippen molar-refractivity contribution in [2.75, 3.05) is 20.3 Å². The van der Waals surface area contributed by atoms with Crippen LogP contribution in [0.4, 0.5) is 0 Å². The molecule has 2 N–H and O–H groups in total. The van der Waals surface area contributed by atoms with Crippen LogP contribution in [0.5, 0.6) is 0 Å². The lowest BCUT2D eigenvalue weighted by molar-refractivity contribution is -0.121. The summed E-state index contributed by atoms with van der Waals surface area (Å²) >= 11 is 0. The minimum atomic E-state index is -0.660. The van der Waals surface area contributed by atoms with Crippen LogP contribution in [0.1, 0.15) is 54.2 Å². The lowest BCUT2D eigenvalue weighted by atomic mass is 9.92. The maximum absolute atomic E-state index is 12.9. The third-order valence-corrected chi connectivity index (χ3v) is 4.62. The summed E-state index contributed by atoms with van der Waals surface area (Å²) in [5, 5.41) is 0. The minimum absolute atomic E-state index is 0.105. The molecule has 1 saturated heterocycles. The fourth-order valence-corrected chi connectivity index (χ4v) is 3.39. The van der Waals surface area contributed by atoms with E-state index in [0.29, 0.717) is 31.1 Å². The molecule has 2 fully saturated rings. The standard InChI is InChI=1S/C16H22N4O3/c1-23-10-16(7-13(17)21)5-2-6-20(16)15(22)12-8-18-14(19-9-12)11-3-4-11/h8-9,11H,2-7,10H2,1H3,(H2,17,21)/t16-/m0/s1. The van der Waals surface area contributed by atoms with Crippen LogP contribution in [0.2, 0.25) is 0 Å². The second-order valence-corrected chi connectivity index (χ2v) is 6.46. The van der Waals surface area contributed by atoms with E-state index in [1.54, 1.807) is 24.4 Å². The Labute approximate surface area is 135 Å². The molecule has 1 aliphatic carbocycles. The number of carbonyl (C=O) groups is 2. The lowest BCUT2D eigenvalue weighted by Crippen LogP contribution is -2.52. The van der Waals surface area contributed by atoms with Crippen molar-refractivity contribution in [3.8, 4) is 0 Å². The van der Waals surface area contributed by atoms with Crippen LogP contribution < -0.4 is 5.73 Å². The van der Waals surface area contributed by atoms with E-state index in [-0.39, 0.29) is 12.3 Å². The van der Waals surface area contributed by atoms with E-state index < -0.39 is 11.4 Å². The van der Waals surface area contributed by atoms with Gasteiger partial charge in [-0.05, 0) is 25.7 Å². The Morgan fingerprint density at radius 2 is 2.09 bits per heavy atom. The van der Waals surface area contributed by atoms with Crippen LogP contribution in [0, 0.1) is 0 Å². The van der Waals surface area contributed by atoms with Crippen LogP contribution in [0.25, 0.3) is 0 Å². The van der Waals surface area contributed by atoms with Crippen molar-refractivity contribution in [2.24, 2.45) is 5.73 Å². The third kappa shape index (κ3) is 3.19. The molecule has 0 radical (unpaired) electrons. The van der Waals surface area contributed by atoms with E-state index in [9.17, 15) is 9.59 Å². The van der Waals surface area contributed by atoms with Gasteiger partial charge in [-0.2, -0.15) is 0 Å². The van der Waals surface area contributed by atoms with Gasteiger partial charge in [-0.1, -0.05) is 0 Å². The zero-order chi connectivity index (χ0) is 16.4. The Morgan fingerprint density at radius 1 is 1.39 bits per heavy atom. The predicted molar refractivity (Wildman–Crippen MR) is 82.7 cm³/mol. The van der Waals surface area contributed by atoms with E-state index in [2.05, 4.69) is 9.97 Å². The van der Waals surface area contributed by atoms with Crippen LogP contribution in [-0.2, 0) is 9.53 Å². The summed E-state index contributed by atoms with van der Waals surface area (Å²) in [5.74, 6) is 0.668. The molecule has 1 aliphatic heterocycles. The van der Waals surface area contributed by atoms with Crippen molar-refractivity contribution in [1.82, 2.24) is 14.9 Å². The SMILES string of the molecule is COC[C@@]1(CC(N)=O)CCCN1C(=O)c1cnc(C2CC2)nc1. The van der Waals surface area contributed by atoms with Crippen LogP contribution in [0.3, 0.4) is 0 Å². The van der Waals surface area contributed by atoms with Gasteiger partial charge in [-0.3, -0.25) is 9.59 Å². The quantitative estimate of drug-likeness (QED) is 0.838.